The third kappa shape index (κ3) is 2.40. The molecule has 0 aromatic rings. The first-order valence-corrected chi connectivity index (χ1v) is 3.64. The summed E-state index contributed by atoms with van der Waals surface area (Å²) < 4.78 is 4.70. The Morgan fingerprint density at radius 1 is 1.15 bits per heavy atom. The molecule has 0 amide bonds. The molecular weight excluding hydrogens is 177 g/mol. The lowest BCUT2D eigenvalue weighted by atomic mass is 9.98. The molecule has 1 unspecified atom stereocenters. The molecule has 0 aromatic carbocycles. The number of aliphatic hydroxyl groups excluding tert-OH is 4. The Labute approximate surface area is 77.5 Å². The van der Waals surface area contributed by atoms with Gasteiger partial charge in [0.1, 0.15) is 18.3 Å². The number of ether oxygens (including phenoxy) is 1. The molecule has 1 fully saturated rings. The SMILES string of the molecule is N[C@H]1C(O)O[C@H](CO)[C@@H](O)[C@@H]1O.[B]. The average molecular weight is 190 g/mol. The van der Waals surface area contributed by atoms with Crippen LogP contribution < -0.4 is 5.73 Å². The van der Waals surface area contributed by atoms with Gasteiger partial charge in [0.15, 0.2) is 6.29 Å². The van der Waals surface area contributed by atoms with Crippen molar-refractivity contribution in [2.45, 2.75) is 30.6 Å². The topological polar surface area (TPSA) is 116 Å². The van der Waals surface area contributed by atoms with Crippen molar-refractivity contribution in [2.24, 2.45) is 5.73 Å². The van der Waals surface area contributed by atoms with Crippen molar-refractivity contribution < 1.29 is 25.2 Å². The quantitative estimate of drug-likeness (QED) is 0.272. The van der Waals surface area contributed by atoms with E-state index in [9.17, 15) is 10.2 Å². The number of hydrogen-bond acceptors (Lipinski definition) is 6. The van der Waals surface area contributed by atoms with Gasteiger partial charge in [-0.3, -0.25) is 0 Å². The molecule has 0 aromatic heterocycles. The number of hydrogen-bond donors (Lipinski definition) is 5. The molecule has 0 saturated carbocycles. The Bertz CT molecular complexity index is 155. The van der Waals surface area contributed by atoms with Crippen molar-refractivity contribution in [3.05, 3.63) is 0 Å². The molecule has 6 nitrogen and oxygen atoms in total. The van der Waals surface area contributed by atoms with Crippen molar-refractivity contribution in [1.82, 2.24) is 0 Å². The van der Waals surface area contributed by atoms with Gasteiger partial charge in [-0.15, -0.1) is 0 Å². The summed E-state index contributed by atoms with van der Waals surface area (Å²) in [6, 6.07) is -1.04. The highest BCUT2D eigenvalue weighted by Gasteiger charge is 2.41. The van der Waals surface area contributed by atoms with Gasteiger partial charge >= 0.3 is 0 Å². The van der Waals surface area contributed by atoms with E-state index in [1.54, 1.807) is 0 Å². The summed E-state index contributed by atoms with van der Waals surface area (Å²) >= 11 is 0. The zero-order valence-electron chi connectivity index (χ0n) is 6.95. The van der Waals surface area contributed by atoms with E-state index in [2.05, 4.69) is 0 Å². The third-order valence-electron chi connectivity index (χ3n) is 1.95. The van der Waals surface area contributed by atoms with Gasteiger partial charge in [-0.2, -0.15) is 0 Å². The first-order chi connectivity index (χ1) is 5.57. The van der Waals surface area contributed by atoms with Gasteiger partial charge in [0.25, 0.3) is 0 Å². The monoisotopic (exact) mass is 190 g/mol. The van der Waals surface area contributed by atoms with Crippen LogP contribution in [0.3, 0.4) is 0 Å². The molecule has 6 N–H and O–H groups in total. The lowest BCUT2D eigenvalue weighted by Gasteiger charge is -2.38. The van der Waals surface area contributed by atoms with E-state index in [1.165, 1.54) is 0 Å². The summed E-state index contributed by atoms with van der Waals surface area (Å²) in [5.41, 5.74) is 5.26. The Morgan fingerprint density at radius 2 is 1.69 bits per heavy atom. The molecule has 5 atom stereocenters. The summed E-state index contributed by atoms with van der Waals surface area (Å²) in [4.78, 5) is 0. The Morgan fingerprint density at radius 3 is 2.15 bits per heavy atom. The molecule has 7 heteroatoms. The van der Waals surface area contributed by atoms with Crippen molar-refractivity contribution in [2.75, 3.05) is 6.61 Å². The second-order valence-electron chi connectivity index (χ2n) is 2.81. The van der Waals surface area contributed by atoms with Crippen LogP contribution in [0.4, 0.5) is 0 Å². The first-order valence-electron chi connectivity index (χ1n) is 3.64. The van der Waals surface area contributed by atoms with Crippen LogP contribution in [0.2, 0.25) is 0 Å². The molecule has 0 spiro atoms. The second-order valence-corrected chi connectivity index (χ2v) is 2.81. The molecule has 3 radical (unpaired) electrons. The Balaban J connectivity index is 0.00000144. The van der Waals surface area contributed by atoms with Gasteiger partial charge in [-0.25, -0.2) is 0 Å². The number of aliphatic hydroxyl groups is 4. The minimum atomic E-state index is -1.35. The van der Waals surface area contributed by atoms with Crippen LogP contribution in [0.25, 0.3) is 0 Å². The van der Waals surface area contributed by atoms with Gasteiger partial charge in [-0.05, 0) is 0 Å². The summed E-state index contributed by atoms with van der Waals surface area (Å²) in [5.74, 6) is 0. The maximum atomic E-state index is 9.20. The molecule has 1 aliphatic rings. The van der Waals surface area contributed by atoms with E-state index in [1.807, 2.05) is 0 Å². The van der Waals surface area contributed by atoms with Gasteiger partial charge in [0.05, 0.1) is 12.6 Å². The zero-order valence-corrected chi connectivity index (χ0v) is 6.95. The minimum Gasteiger partial charge on any atom is -0.394 e. The smallest absolute Gasteiger partial charge is 0.173 e. The highest BCUT2D eigenvalue weighted by atomic mass is 16.6. The summed E-state index contributed by atoms with van der Waals surface area (Å²) in [7, 11) is 0. The van der Waals surface area contributed by atoms with Crippen molar-refractivity contribution >= 4 is 8.41 Å². The molecule has 1 rings (SSSR count). The Kier molecular flexibility index (Phi) is 4.83. The van der Waals surface area contributed by atoms with Crippen LogP contribution in [0.15, 0.2) is 0 Å². The molecule has 75 valence electrons. The summed E-state index contributed by atoms with van der Waals surface area (Å²) in [6.07, 6.45) is -4.85. The maximum absolute atomic E-state index is 9.20. The van der Waals surface area contributed by atoms with E-state index in [0.717, 1.165) is 0 Å². The summed E-state index contributed by atoms with van der Waals surface area (Å²) in [5, 5.41) is 36.1. The predicted molar refractivity (Wildman–Crippen MR) is 43.7 cm³/mol. The molecular formula is C6H13BNO5. The van der Waals surface area contributed by atoms with Crippen molar-refractivity contribution in [3.8, 4) is 0 Å². The van der Waals surface area contributed by atoms with Crippen molar-refractivity contribution in [1.29, 1.82) is 0 Å². The van der Waals surface area contributed by atoms with Crippen LogP contribution in [0.5, 0.6) is 0 Å². The molecule has 13 heavy (non-hydrogen) atoms. The fourth-order valence-electron chi connectivity index (χ4n) is 1.12. The van der Waals surface area contributed by atoms with Crippen LogP contribution in [-0.4, -0.2) is 66.1 Å². The van der Waals surface area contributed by atoms with E-state index < -0.39 is 37.3 Å². The van der Waals surface area contributed by atoms with Gasteiger partial charge < -0.3 is 30.9 Å². The molecule has 0 bridgehead atoms. The Hall–Kier alpha value is -0.175. The third-order valence-corrected chi connectivity index (χ3v) is 1.95. The molecule has 1 saturated heterocycles. The number of nitrogens with two attached hydrogens (primary N) is 1. The highest BCUT2D eigenvalue weighted by molar-refractivity contribution is 5.75. The minimum absolute atomic E-state index is 0. The predicted octanol–water partition coefficient (Wildman–Crippen LogP) is -3.64. The van der Waals surface area contributed by atoms with E-state index in [-0.39, 0.29) is 8.41 Å². The number of rotatable bonds is 1. The molecule has 1 aliphatic heterocycles. The van der Waals surface area contributed by atoms with Crippen LogP contribution >= 0.6 is 0 Å². The van der Waals surface area contributed by atoms with E-state index >= 15 is 0 Å². The fourth-order valence-corrected chi connectivity index (χ4v) is 1.12. The van der Waals surface area contributed by atoms with Crippen molar-refractivity contribution in [3.63, 3.8) is 0 Å². The summed E-state index contributed by atoms with van der Waals surface area (Å²) in [6.45, 7) is -0.470. The maximum Gasteiger partial charge on any atom is 0.173 e. The fraction of sp³-hybridized carbons (Fsp3) is 1.00. The van der Waals surface area contributed by atoms with E-state index in [0.29, 0.717) is 0 Å². The zero-order chi connectivity index (χ0) is 9.30. The molecule has 0 aliphatic carbocycles. The van der Waals surface area contributed by atoms with Crippen LogP contribution in [0, 0.1) is 0 Å². The van der Waals surface area contributed by atoms with E-state index in [4.69, 9.17) is 20.7 Å². The highest BCUT2D eigenvalue weighted by Crippen LogP contribution is 2.17. The van der Waals surface area contributed by atoms with Gasteiger partial charge in [0, 0.05) is 8.41 Å². The average Bonchev–Trinajstić information content (AvgIpc) is 2.08. The largest absolute Gasteiger partial charge is 0.394 e. The lowest BCUT2D eigenvalue weighted by molar-refractivity contribution is -0.248. The lowest BCUT2D eigenvalue weighted by Crippen LogP contribution is -2.61. The molecule has 1 heterocycles. The van der Waals surface area contributed by atoms with Crippen LogP contribution in [0.1, 0.15) is 0 Å². The normalized spacial score (nSPS) is 45.5. The van der Waals surface area contributed by atoms with Crippen LogP contribution in [-0.2, 0) is 4.74 Å². The first kappa shape index (κ1) is 12.8. The second kappa shape index (κ2) is 4.89. The van der Waals surface area contributed by atoms with Gasteiger partial charge in [0.2, 0.25) is 0 Å². The van der Waals surface area contributed by atoms with Gasteiger partial charge in [-0.1, -0.05) is 0 Å². The standard InChI is InChI=1S/C6H13NO5.B/c7-3-5(10)4(9)2(1-8)12-6(3)11;/h2-6,8-11H,1,7H2;/t2-,3-,4-,5-,6?;/m1./s1.